The highest BCUT2D eigenvalue weighted by Crippen LogP contribution is 2.16. The molecule has 1 aliphatic heterocycles. The van der Waals surface area contributed by atoms with E-state index in [1.54, 1.807) is 0 Å². The van der Waals surface area contributed by atoms with Crippen LogP contribution in [0.15, 0.2) is 0 Å². The summed E-state index contributed by atoms with van der Waals surface area (Å²) >= 11 is 0. The number of nitrogens with one attached hydrogen (secondary N) is 1. The minimum absolute atomic E-state index is 0.821. The van der Waals surface area contributed by atoms with Crippen molar-refractivity contribution in [3.8, 4) is 0 Å². The van der Waals surface area contributed by atoms with Crippen LogP contribution < -0.4 is 5.32 Å². The van der Waals surface area contributed by atoms with E-state index in [2.05, 4.69) is 24.2 Å². The van der Waals surface area contributed by atoms with Crippen LogP contribution in [0.4, 0.5) is 0 Å². The molecule has 72 valence electrons. The van der Waals surface area contributed by atoms with Gasteiger partial charge in [-0.1, -0.05) is 13.3 Å². The van der Waals surface area contributed by atoms with Crippen molar-refractivity contribution in [2.75, 3.05) is 26.7 Å². The minimum atomic E-state index is 0.821. The van der Waals surface area contributed by atoms with Gasteiger partial charge < -0.3 is 5.32 Å². The third-order valence-corrected chi connectivity index (χ3v) is 2.74. The number of hydrogen-bond donors (Lipinski definition) is 1. The molecule has 0 saturated carbocycles. The summed E-state index contributed by atoms with van der Waals surface area (Å²) in [5.41, 5.74) is 0. The summed E-state index contributed by atoms with van der Waals surface area (Å²) in [6, 6.07) is 0.821. The summed E-state index contributed by atoms with van der Waals surface area (Å²) in [4.78, 5) is 2.64. The first-order valence-electron chi connectivity index (χ1n) is 5.27. The summed E-state index contributed by atoms with van der Waals surface area (Å²) in [5.74, 6) is 0. The van der Waals surface area contributed by atoms with Gasteiger partial charge in [-0.05, 0) is 39.4 Å². The molecule has 1 N–H and O–H groups in total. The zero-order valence-electron chi connectivity index (χ0n) is 8.47. The molecule has 0 spiro atoms. The van der Waals surface area contributed by atoms with Crippen LogP contribution in [0.1, 0.15) is 32.6 Å². The van der Waals surface area contributed by atoms with Crippen molar-refractivity contribution >= 4 is 0 Å². The van der Waals surface area contributed by atoms with Gasteiger partial charge >= 0.3 is 0 Å². The summed E-state index contributed by atoms with van der Waals surface area (Å²) < 4.78 is 0. The zero-order valence-corrected chi connectivity index (χ0v) is 8.47. The summed E-state index contributed by atoms with van der Waals surface area (Å²) in [6.07, 6.45) is 5.48. The van der Waals surface area contributed by atoms with Crippen LogP contribution in [-0.4, -0.2) is 37.6 Å². The largest absolute Gasteiger partial charge is 0.318 e. The molecule has 0 bridgehead atoms. The van der Waals surface area contributed by atoms with Gasteiger partial charge in [0.2, 0.25) is 0 Å². The monoisotopic (exact) mass is 170 g/mol. The second kappa shape index (κ2) is 5.55. The van der Waals surface area contributed by atoms with Crippen molar-refractivity contribution in [1.29, 1.82) is 0 Å². The first kappa shape index (κ1) is 10.0. The summed E-state index contributed by atoms with van der Waals surface area (Å²) in [6.45, 7) is 6.07. The maximum absolute atomic E-state index is 3.27. The molecular formula is C10H22N2. The third kappa shape index (κ3) is 2.76. The molecule has 1 aliphatic rings. The topological polar surface area (TPSA) is 15.3 Å². The molecule has 1 saturated heterocycles. The van der Waals surface area contributed by atoms with E-state index in [0.29, 0.717) is 0 Å². The number of unbranched alkanes of at least 4 members (excludes halogenated alkanes) is 1. The van der Waals surface area contributed by atoms with E-state index in [-0.39, 0.29) is 0 Å². The number of rotatable bonds is 5. The summed E-state index contributed by atoms with van der Waals surface area (Å²) in [5, 5.41) is 3.27. The highest BCUT2D eigenvalue weighted by atomic mass is 15.2. The van der Waals surface area contributed by atoms with Gasteiger partial charge in [0.05, 0.1) is 0 Å². The van der Waals surface area contributed by atoms with Gasteiger partial charge in [-0.2, -0.15) is 0 Å². The van der Waals surface area contributed by atoms with Crippen molar-refractivity contribution in [1.82, 2.24) is 10.2 Å². The van der Waals surface area contributed by atoms with Gasteiger partial charge in [0, 0.05) is 12.6 Å². The molecule has 0 amide bonds. The third-order valence-electron chi connectivity index (χ3n) is 2.74. The Hall–Kier alpha value is -0.0800. The van der Waals surface area contributed by atoms with Gasteiger partial charge in [-0.15, -0.1) is 0 Å². The highest BCUT2D eigenvalue weighted by Gasteiger charge is 2.22. The average Bonchev–Trinajstić information content (AvgIpc) is 2.50. The van der Waals surface area contributed by atoms with Crippen LogP contribution in [0, 0.1) is 0 Å². The van der Waals surface area contributed by atoms with Crippen molar-refractivity contribution < 1.29 is 0 Å². The van der Waals surface area contributed by atoms with Crippen molar-refractivity contribution in [2.45, 2.75) is 38.6 Å². The smallest absolute Gasteiger partial charge is 0.0220 e. The zero-order chi connectivity index (χ0) is 8.81. The molecule has 1 heterocycles. The number of hydrogen-bond acceptors (Lipinski definition) is 2. The first-order valence-corrected chi connectivity index (χ1v) is 5.27. The lowest BCUT2D eigenvalue weighted by atomic mass is 10.2. The second-order valence-electron chi connectivity index (χ2n) is 3.74. The van der Waals surface area contributed by atoms with Crippen molar-refractivity contribution in [3.63, 3.8) is 0 Å². The molecule has 1 fully saturated rings. The van der Waals surface area contributed by atoms with Gasteiger partial charge in [0.1, 0.15) is 0 Å². The molecule has 12 heavy (non-hydrogen) atoms. The second-order valence-corrected chi connectivity index (χ2v) is 3.74. The Labute approximate surface area is 76.3 Å². The highest BCUT2D eigenvalue weighted by molar-refractivity contribution is 4.79. The maximum Gasteiger partial charge on any atom is 0.0220 e. The van der Waals surface area contributed by atoms with E-state index in [0.717, 1.165) is 6.04 Å². The lowest BCUT2D eigenvalue weighted by Crippen LogP contribution is -2.37. The van der Waals surface area contributed by atoms with E-state index in [1.165, 1.54) is 45.3 Å². The van der Waals surface area contributed by atoms with E-state index >= 15 is 0 Å². The fraction of sp³-hybridized carbons (Fsp3) is 1.00. The molecule has 1 atom stereocenters. The Morgan fingerprint density at radius 3 is 3.00 bits per heavy atom. The number of likely N-dealkylation sites (N-methyl/N-ethyl adjacent to an activating group) is 1. The summed E-state index contributed by atoms with van der Waals surface area (Å²) in [7, 11) is 2.05. The van der Waals surface area contributed by atoms with Gasteiger partial charge in [-0.25, -0.2) is 0 Å². The molecule has 0 aromatic carbocycles. The Morgan fingerprint density at radius 1 is 1.50 bits per heavy atom. The van der Waals surface area contributed by atoms with Crippen LogP contribution in [0.25, 0.3) is 0 Å². The Bertz CT molecular complexity index is 114. The molecule has 0 aliphatic carbocycles. The Morgan fingerprint density at radius 2 is 2.33 bits per heavy atom. The lowest BCUT2D eigenvalue weighted by Gasteiger charge is -2.23. The van der Waals surface area contributed by atoms with Crippen LogP contribution in [0.2, 0.25) is 0 Å². The van der Waals surface area contributed by atoms with Gasteiger partial charge in [0.25, 0.3) is 0 Å². The predicted octanol–water partition coefficient (Wildman–Crippen LogP) is 1.47. The maximum atomic E-state index is 3.27. The van der Waals surface area contributed by atoms with Gasteiger partial charge in [0.15, 0.2) is 0 Å². The number of nitrogens with zero attached hydrogens (tertiary/aromatic N) is 1. The normalized spacial score (nSPS) is 25.0. The van der Waals surface area contributed by atoms with Gasteiger partial charge in [-0.3, -0.25) is 4.90 Å². The molecule has 0 aromatic heterocycles. The Balaban J connectivity index is 2.20. The fourth-order valence-electron chi connectivity index (χ4n) is 2.02. The average molecular weight is 170 g/mol. The van der Waals surface area contributed by atoms with Crippen molar-refractivity contribution in [2.24, 2.45) is 0 Å². The van der Waals surface area contributed by atoms with Crippen LogP contribution in [0.3, 0.4) is 0 Å². The quantitative estimate of drug-likeness (QED) is 0.672. The Kier molecular flexibility index (Phi) is 4.62. The standard InChI is InChI=1S/C10H22N2/c1-3-4-7-12-8-5-6-10(12)9-11-2/h10-11H,3-9H2,1-2H3/t10-/m1/s1. The van der Waals surface area contributed by atoms with Crippen LogP contribution in [0.5, 0.6) is 0 Å². The van der Waals surface area contributed by atoms with E-state index in [4.69, 9.17) is 0 Å². The first-order chi connectivity index (χ1) is 5.88. The van der Waals surface area contributed by atoms with E-state index in [1.807, 2.05) is 0 Å². The molecule has 2 nitrogen and oxygen atoms in total. The molecule has 0 radical (unpaired) electrons. The van der Waals surface area contributed by atoms with E-state index in [9.17, 15) is 0 Å². The molecule has 2 heteroatoms. The van der Waals surface area contributed by atoms with Crippen LogP contribution >= 0.6 is 0 Å². The van der Waals surface area contributed by atoms with E-state index < -0.39 is 0 Å². The lowest BCUT2D eigenvalue weighted by molar-refractivity contribution is 0.247. The predicted molar refractivity (Wildman–Crippen MR) is 53.4 cm³/mol. The molecule has 0 unspecified atom stereocenters. The minimum Gasteiger partial charge on any atom is -0.318 e. The number of likely N-dealkylation sites (tertiary alicyclic amines) is 1. The molecule has 1 rings (SSSR count). The van der Waals surface area contributed by atoms with Crippen LogP contribution in [-0.2, 0) is 0 Å². The van der Waals surface area contributed by atoms with Crippen molar-refractivity contribution in [3.05, 3.63) is 0 Å². The molecule has 0 aromatic rings. The fourth-order valence-corrected chi connectivity index (χ4v) is 2.02. The SMILES string of the molecule is CCCCN1CCC[C@@H]1CNC. The molecular weight excluding hydrogens is 148 g/mol.